The Bertz CT molecular complexity index is 518. The molecule has 0 aliphatic rings. The molecular formula is C9H5BrFNS2. The summed E-state index contributed by atoms with van der Waals surface area (Å²) in [4.78, 5) is 2.93. The summed E-state index contributed by atoms with van der Waals surface area (Å²) in [5.41, 5.74) is 1.26. The standard InChI is InChI=1S/C9H5BrFNS2/c10-5-1-2-7(11)6(3-5)8-4-14-9(13)12-8/h1-4H,(H,12,13). The molecule has 0 saturated heterocycles. The van der Waals surface area contributed by atoms with Crippen LogP contribution in [0.2, 0.25) is 0 Å². The summed E-state index contributed by atoms with van der Waals surface area (Å²) in [6, 6.07) is 4.82. The lowest BCUT2D eigenvalue weighted by molar-refractivity contribution is 0.630. The van der Waals surface area contributed by atoms with Gasteiger partial charge in [0, 0.05) is 15.4 Å². The third kappa shape index (κ3) is 1.94. The highest BCUT2D eigenvalue weighted by Crippen LogP contribution is 2.26. The highest BCUT2D eigenvalue weighted by atomic mass is 79.9. The highest BCUT2D eigenvalue weighted by Gasteiger charge is 2.06. The SMILES string of the molecule is Fc1ccc(Br)cc1-c1csc(=S)[nH]1. The molecule has 1 aromatic carbocycles. The van der Waals surface area contributed by atoms with Crippen molar-refractivity contribution in [1.29, 1.82) is 0 Å². The number of H-pyrrole nitrogens is 1. The van der Waals surface area contributed by atoms with Crippen LogP contribution in [-0.2, 0) is 0 Å². The summed E-state index contributed by atoms with van der Waals surface area (Å²) in [7, 11) is 0. The Kier molecular flexibility index (Phi) is 2.80. The van der Waals surface area contributed by atoms with Gasteiger partial charge >= 0.3 is 0 Å². The van der Waals surface area contributed by atoms with Gasteiger partial charge in [0.1, 0.15) is 5.82 Å². The fraction of sp³-hybridized carbons (Fsp3) is 0. The Labute approximate surface area is 97.7 Å². The van der Waals surface area contributed by atoms with Crippen molar-refractivity contribution < 1.29 is 4.39 Å². The molecule has 1 heterocycles. The average Bonchev–Trinajstić information content (AvgIpc) is 2.56. The Balaban J connectivity index is 2.61. The predicted octanol–water partition coefficient (Wildman–Crippen LogP) is 4.37. The van der Waals surface area contributed by atoms with Crippen LogP contribution in [0.1, 0.15) is 0 Å². The largest absolute Gasteiger partial charge is 0.337 e. The summed E-state index contributed by atoms with van der Waals surface area (Å²) in [6.45, 7) is 0. The molecule has 0 amide bonds. The lowest BCUT2D eigenvalue weighted by atomic mass is 10.2. The molecule has 1 nitrogen and oxygen atoms in total. The van der Waals surface area contributed by atoms with Gasteiger partial charge in [0.25, 0.3) is 0 Å². The van der Waals surface area contributed by atoms with Crippen LogP contribution in [0, 0.1) is 9.77 Å². The molecular weight excluding hydrogens is 285 g/mol. The molecule has 0 radical (unpaired) electrons. The Morgan fingerprint density at radius 1 is 1.43 bits per heavy atom. The van der Waals surface area contributed by atoms with E-state index in [9.17, 15) is 4.39 Å². The molecule has 2 rings (SSSR count). The zero-order chi connectivity index (χ0) is 10.1. The van der Waals surface area contributed by atoms with Gasteiger partial charge in [-0.25, -0.2) is 4.39 Å². The smallest absolute Gasteiger partial charge is 0.158 e. The first-order valence-electron chi connectivity index (χ1n) is 3.80. The van der Waals surface area contributed by atoms with Crippen molar-refractivity contribution in [2.75, 3.05) is 0 Å². The summed E-state index contributed by atoms with van der Waals surface area (Å²) in [5, 5.41) is 1.81. The van der Waals surface area contributed by atoms with Gasteiger partial charge in [-0.2, -0.15) is 0 Å². The van der Waals surface area contributed by atoms with E-state index in [-0.39, 0.29) is 5.82 Å². The van der Waals surface area contributed by atoms with Gasteiger partial charge in [-0.1, -0.05) is 15.9 Å². The number of rotatable bonds is 1. The number of hydrogen-bond donors (Lipinski definition) is 1. The van der Waals surface area contributed by atoms with Crippen molar-refractivity contribution in [3.8, 4) is 11.3 Å². The lowest BCUT2D eigenvalue weighted by Crippen LogP contribution is -1.83. The van der Waals surface area contributed by atoms with Gasteiger partial charge < -0.3 is 4.98 Å². The quantitative estimate of drug-likeness (QED) is 0.771. The second-order valence-corrected chi connectivity index (χ2v) is 5.15. The second kappa shape index (κ2) is 3.92. The number of nitrogens with one attached hydrogen (secondary N) is 1. The molecule has 0 saturated carbocycles. The van der Waals surface area contributed by atoms with Crippen LogP contribution in [0.15, 0.2) is 28.1 Å². The summed E-state index contributed by atoms with van der Waals surface area (Å²) >= 11 is 9.63. The van der Waals surface area contributed by atoms with Crippen molar-refractivity contribution in [3.63, 3.8) is 0 Å². The second-order valence-electron chi connectivity index (χ2n) is 2.69. The fourth-order valence-electron chi connectivity index (χ4n) is 1.12. The molecule has 72 valence electrons. The van der Waals surface area contributed by atoms with E-state index in [4.69, 9.17) is 12.2 Å². The van der Waals surface area contributed by atoms with E-state index in [1.807, 2.05) is 5.38 Å². The van der Waals surface area contributed by atoms with E-state index in [0.717, 1.165) is 10.2 Å². The van der Waals surface area contributed by atoms with Gasteiger partial charge in [-0.3, -0.25) is 0 Å². The van der Waals surface area contributed by atoms with Crippen molar-refractivity contribution in [1.82, 2.24) is 4.98 Å². The zero-order valence-corrected chi connectivity index (χ0v) is 10.1. The molecule has 0 spiro atoms. The number of halogens is 2. The minimum Gasteiger partial charge on any atom is -0.337 e. The monoisotopic (exact) mass is 289 g/mol. The Morgan fingerprint density at radius 2 is 2.21 bits per heavy atom. The number of aromatic nitrogens is 1. The van der Waals surface area contributed by atoms with Gasteiger partial charge in [-0.05, 0) is 30.4 Å². The minimum atomic E-state index is -0.253. The molecule has 1 N–H and O–H groups in total. The van der Waals surface area contributed by atoms with E-state index < -0.39 is 0 Å². The van der Waals surface area contributed by atoms with Crippen LogP contribution in [0.4, 0.5) is 4.39 Å². The molecule has 2 aromatic rings. The van der Waals surface area contributed by atoms with Gasteiger partial charge in [0.2, 0.25) is 0 Å². The van der Waals surface area contributed by atoms with E-state index in [1.165, 1.54) is 17.4 Å². The molecule has 14 heavy (non-hydrogen) atoms. The van der Waals surface area contributed by atoms with E-state index in [2.05, 4.69) is 20.9 Å². The third-order valence-corrected chi connectivity index (χ3v) is 3.29. The molecule has 0 unspecified atom stereocenters. The van der Waals surface area contributed by atoms with Crippen LogP contribution in [0.5, 0.6) is 0 Å². The highest BCUT2D eigenvalue weighted by molar-refractivity contribution is 9.10. The molecule has 5 heteroatoms. The van der Waals surface area contributed by atoms with E-state index in [1.54, 1.807) is 12.1 Å². The maximum atomic E-state index is 13.4. The summed E-state index contributed by atoms with van der Waals surface area (Å²) in [6.07, 6.45) is 0. The predicted molar refractivity (Wildman–Crippen MR) is 62.6 cm³/mol. The van der Waals surface area contributed by atoms with Crippen LogP contribution in [0.3, 0.4) is 0 Å². The van der Waals surface area contributed by atoms with Crippen molar-refractivity contribution in [3.05, 3.63) is 37.8 Å². The van der Waals surface area contributed by atoms with Gasteiger partial charge in [0.15, 0.2) is 3.95 Å². The molecule has 0 atom stereocenters. The molecule has 0 bridgehead atoms. The lowest BCUT2D eigenvalue weighted by Gasteiger charge is -2.00. The first-order chi connectivity index (χ1) is 6.66. The Hall–Kier alpha value is -0.520. The molecule has 0 aliphatic carbocycles. The minimum absolute atomic E-state index is 0.253. The maximum absolute atomic E-state index is 13.4. The van der Waals surface area contributed by atoms with Crippen molar-refractivity contribution in [2.45, 2.75) is 0 Å². The van der Waals surface area contributed by atoms with Gasteiger partial charge in [-0.15, -0.1) is 11.3 Å². The number of aromatic amines is 1. The summed E-state index contributed by atoms with van der Waals surface area (Å²) < 4.78 is 14.9. The maximum Gasteiger partial charge on any atom is 0.158 e. The molecule has 0 fully saturated rings. The molecule has 0 aliphatic heterocycles. The van der Waals surface area contributed by atoms with Crippen LogP contribution >= 0.6 is 39.5 Å². The van der Waals surface area contributed by atoms with Crippen LogP contribution in [0.25, 0.3) is 11.3 Å². The zero-order valence-electron chi connectivity index (χ0n) is 6.88. The van der Waals surface area contributed by atoms with E-state index >= 15 is 0 Å². The van der Waals surface area contributed by atoms with Crippen LogP contribution in [-0.4, -0.2) is 4.98 Å². The number of hydrogen-bond acceptors (Lipinski definition) is 2. The first kappa shape index (κ1) is 10.0. The van der Waals surface area contributed by atoms with E-state index in [0.29, 0.717) is 9.52 Å². The molecule has 1 aromatic heterocycles. The van der Waals surface area contributed by atoms with Crippen LogP contribution < -0.4 is 0 Å². The third-order valence-electron chi connectivity index (χ3n) is 1.74. The number of benzene rings is 1. The first-order valence-corrected chi connectivity index (χ1v) is 5.88. The Morgan fingerprint density at radius 3 is 2.86 bits per heavy atom. The van der Waals surface area contributed by atoms with Crippen molar-refractivity contribution in [2.24, 2.45) is 0 Å². The van der Waals surface area contributed by atoms with Gasteiger partial charge in [0.05, 0.1) is 5.69 Å². The summed E-state index contributed by atoms with van der Waals surface area (Å²) in [5.74, 6) is -0.253. The normalized spacial score (nSPS) is 10.4. The average molecular weight is 290 g/mol. The number of thiazole rings is 1. The van der Waals surface area contributed by atoms with Crippen molar-refractivity contribution >= 4 is 39.5 Å². The topological polar surface area (TPSA) is 15.8 Å². The fourth-order valence-corrected chi connectivity index (χ4v) is 2.31.